The molecule has 0 atom stereocenters. The number of carbonyl (C=O) groups is 2. The molecule has 0 aliphatic carbocycles. The van der Waals surface area contributed by atoms with Crippen LogP contribution in [0.2, 0.25) is 10.0 Å². The number of benzene rings is 1. The number of nitrogens with one attached hydrogen (secondary N) is 2. The van der Waals surface area contributed by atoms with Gasteiger partial charge in [-0.15, -0.1) is 6.58 Å². The van der Waals surface area contributed by atoms with Gasteiger partial charge in [0.15, 0.2) is 5.69 Å². The number of anilines is 1. The van der Waals surface area contributed by atoms with Crippen LogP contribution in [-0.4, -0.2) is 27.7 Å². The largest absolute Gasteiger partial charge is 0.347 e. The lowest BCUT2D eigenvalue weighted by atomic mass is 10.3. The Morgan fingerprint density at radius 3 is 2.58 bits per heavy atom. The van der Waals surface area contributed by atoms with Gasteiger partial charge in [-0.1, -0.05) is 35.3 Å². The number of fused-ring (bicyclic) bond motifs is 1. The summed E-state index contributed by atoms with van der Waals surface area (Å²) in [5.41, 5.74) is 1.10. The van der Waals surface area contributed by atoms with Crippen molar-refractivity contribution in [2.24, 2.45) is 0 Å². The van der Waals surface area contributed by atoms with E-state index in [1.807, 2.05) is 0 Å². The van der Waals surface area contributed by atoms with Gasteiger partial charge in [-0.05, 0) is 30.3 Å². The monoisotopic (exact) mass is 388 g/mol. The zero-order valence-electron chi connectivity index (χ0n) is 13.5. The first-order valence-corrected chi connectivity index (χ1v) is 8.39. The molecule has 2 N–H and O–H groups in total. The van der Waals surface area contributed by atoms with E-state index in [1.165, 1.54) is 0 Å². The number of nitrogens with zero attached hydrogens (tertiary/aromatic N) is 2. The van der Waals surface area contributed by atoms with Crippen molar-refractivity contribution in [3.63, 3.8) is 0 Å². The number of pyridine rings is 1. The number of aromatic nitrogens is 2. The molecule has 6 nitrogen and oxygen atoms in total. The van der Waals surface area contributed by atoms with Crippen LogP contribution in [0.25, 0.3) is 5.52 Å². The fraction of sp³-hybridized carbons (Fsp3) is 0.0556. The molecule has 2 heterocycles. The van der Waals surface area contributed by atoms with Crippen molar-refractivity contribution in [1.82, 2.24) is 14.7 Å². The van der Waals surface area contributed by atoms with E-state index in [1.54, 1.807) is 53.1 Å². The Balaban J connectivity index is 1.97. The Labute approximate surface area is 159 Å². The molecule has 0 spiro atoms. The quantitative estimate of drug-likeness (QED) is 0.652. The lowest BCUT2D eigenvalue weighted by Crippen LogP contribution is -2.24. The van der Waals surface area contributed by atoms with E-state index >= 15 is 0 Å². The Hall–Kier alpha value is -2.83. The van der Waals surface area contributed by atoms with E-state index in [9.17, 15) is 9.59 Å². The number of hydrogen-bond donors (Lipinski definition) is 2. The van der Waals surface area contributed by atoms with E-state index in [4.69, 9.17) is 23.2 Å². The van der Waals surface area contributed by atoms with Crippen LogP contribution < -0.4 is 10.6 Å². The lowest BCUT2D eigenvalue weighted by Gasteiger charge is -2.05. The second-order valence-corrected chi connectivity index (χ2v) is 6.22. The molecular formula is C18H14Cl2N4O2. The molecule has 0 saturated carbocycles. The highest BCUT2D eigenvalue weighted by molar-refractivity contribution is 6.35. The van der Waals surface area contributed by atoms with Crippen LogP contribution in [0, 0.1) is 0 Å². The van der Waals surface area contributed by atoms with E-state index < -0.39 is 11.8 Å². The zero-order chi connectivity index (χ0) is 18.7. The Morgan fingerprint density at radius 1 is 1.15 bits per heavy atom. The van der Waals surface area contributed by atoms with Gasteiger partial charge in [0.1, 0.15) is 0 Å². The third-order valence-corrected chi connectivity index (χ3v) is 3.93. The maximum Gasteiger partial charge on any atom is 0.292 e. The summed E-state index contributed by atoms with van der Waals surface area (Å²) in [5.74, 6) is -0.814. The van der Waals surface area contributed by atoms with Crippen molar-refractivity contribution >= 4 is 46.2 Å². The van der Waals surface area contributed by atoms with Crippen molar-refractivity contribution in [3.8, 4) is 0 Å². The molecule has 0 fully saturated rings. The van der Waals surface area contributed by atoms with Crippen LogP contribution in [0.15, 0.2) is 55.3 Å². The first-order valence-electron chi connectivity index (χ1n) is 7.63. The van der Waals surface area contributed by atoms with Crippen LogP contribution in [-0.2, 0) is 0 Å². The van der Waals surface area contributed by atoms with Crippen molar-refractivity contribution in [3.05, 3.63) is 76.8 Å². The number of imidazole rings is 1. The van der Waals surface area contributed by atoms with E-state index in [0.29, 0.717) is 27.8 Å². The van der Waals surface area contributed by atoms with E-state index in [2.05, 4.69) is 22.2 Å². The molecule has 0 radical (unpaired) electrons. The minimum Gasteiger partial charge on any atom is -0.347 e. The molecule has 0 unspecified atom stereocenters. The minimum absolute atomic E-state index is 0.0699. The molecule has 8 heteroatoms. The predicted octanol–water partition coefficient (Wildman–Crippen LogP) is 3.81. The summed E-state index contributed by atoms with van der Waals surface area (Å²) in [6.07, 6.45) is 3.22. The van der Waals surface area contributed by atoms with Gasteiger partial charge in [-0.2, -0.15) is 0 Å². The van der Waals surface area contributed by atoms with Gasteiger partial charge in [0, 0.05) is 28.5 Å². The summed E-state index contributed by atoms with van der Waals surface area (Å²) >= 11 is 11.9. The van der Waals surface area contributed by atoms with Crippen LogP contribution in [0.1, 0.15) is 21.1 Å². The molecule has 0 aliphatic rings. The van der Waals surface area contributed by atoms with Gasteiger partial charge in [-0.25, -0.2) is 4.98 Å². The molecule has 2 amide bonds. The second kappa shape index (κ2) is 7.59. The Morgan fingerprint density at radius 2 is 1.88 bits per heavy atom. The fourth-order valence-electron chi connectivity index (χ4n) is 2.43. The highest BCUT2D eigenvalue weighted by Gasteiger charge is 2.21. The van der Waals surface area contributed by atoms with Gasteiger partial charge in [0.05, 0.1) is 5.52 Å². The number of amides is 2. The normalized spacial score (nSPS) is 10.5. The van der Waals surface area contributed by atoms with Gasteiger partial charge < -0.3 is 10.6 Å². The first-order chi connectivity index (χ1) is 12.5. The average Bonchev–Trinajstić information content (AvgIpc) is 2.98. The molecule has 0 aliphatic heterocycles. The van der Waals surface area contributed by atoms with E-state index in [-0.39, 0.29) is 11.5 Å². The molecule has 0 bridgehead atoms. The van der Waals surface area contributed by atoms with Crippen LogP contribution in [0.3, 0.4) is 0 Å². The molecule has 132 valence electrons. The summed E-state index contributed by atoms with van der Waals surface area (Å²) in [6.45, 7) is 3.86. The predicted molar refractivity (Wildman–Crippen MR) is 102 cm³/mol. The lowest BCUT2D eigenvalue weighted by molar-refractivity contribution is 0.0955. The second-order valence-electron chi connectivity index (χ2n) is 5.35. The molecule has 3 rings (SSSR count). The van der Waals surface area contributed by atoms with Crippen molar-refractivity contribution in [1.29, 1.82) is 0 Å². The first kappa shape index (κ1) is 18.0. The maximum atomic E-state index is 12.7. The summed E-state index contributed by atoms with van der Waals surface area (Å²) < 4.78 is 1.55. The van der Waals surface area contributed by atoms with E-state index in [0.717, 1.165) is 0 Å². The highest BCUT2D eigenvalue weighted by atomic mass is 35.5. The zero-order valence-corrected chi connectivity index (χ0v) is 15.0. The van der Waals surface area contributed by atoms with Crippen LogP contribution in [0.5, 0.6) is 0 Å². The fourth-order valence-corrected chi connectivity index (χ4v) is 2.95. The molecule has 0 saturated heterocycles. The SMILES string of the molecule is C=CCNC(=O)c1nc(C(=O)Nc2cc(Cl)cc(Cl)c2)n2ccccc12. The summed E-state index contributed by atoms with van der Waals surface area (Å²) in [6, 6.07) is 9.92. The van der Waals surface area contributed by atoms with Crippen LogP contribution in [0.4, 0.5) is 5.69 Å². The number of rotatable bonds is 5. The van der Waals surface area contributed by atoms with Gasteiger partial charge in [-0.3, -0.25) is 14.0 Å². The minimum atomic E-state index is -0.493. The third-order valence-electron chi connectivity index (χ3n) is 3.49. The summed E-state index contributed by atoms with van der Waals surface area (Å²) in [4.78, 5) is 29.2. The van der Waals surface area contributed by atoms with Crippen molar-refractivity contribution < 1.29 is 9.59 Å². The number of hydrogen-bond acceptors (Lipinski definition) is 3. The van der Waals surface area contributed by atoms with Crippen molar-refractivity contribution in [2.75, 3.05) is 11.9 Å². The van der Waals surface area contributed by atoms with Crippen molar-refractivity contribution in [2.45, 2.75) is 0 Å². The molecular weight excluding hydrogens is 375 g/mol. The number of halogens is 2. The summed E-state index contributed by atoms with van der Waals surface area (Å²) in [7, 11) is 0. The third kappa shape index (κ3) is 3.71. The smallest absolute Gasteiger partial charge is 0.292 e. The molecule has 3 aromatic rings. The maximum absolute atomic E-state index is 12.7. The molecule has 1 aromatic carbocycles. The van der Waals surface area contributed by atoms with Gasteiger partial charge in [0.2, 0.25) is 5.82 Å². The topological polar surface area (TPSA) is 75.5 Å². The Kier molecular flexibility index (Phi) is 5.25. The average molecular weight is 389 g/mol. The Bertz CT molecular complexity index is 993. The standard InChI is InChI=1S/C18H14Cl2N4O2/c1-2-6-21-17(25)15-14-5-3-4-7-24(14)16(23-15)18(26)22-13-9-11(19)8-12(20)10-13/h2-5,7-10H,1,6H2,(H,21,25)(H,22,26). The highest BCUT2D eigenvalue weighted by Crippen LogP contribution is 2.23. The van der Waals surface area contributed by atoms with Crippen LogP contribution >= 0.6 is 23.2 Å². The van der Waals surface area contributed by atoms with Gasteiger partial charge >= 0.3 is 0 Å². The molecule has 2 aromatic heterocycles. The number of carbonyl (C=O) groups excluding carboxylic acids is 2. The van der Waals surface area contributed by atoms with Gasteiger partial charge in [0.25, 0.3) is 11.8 Å². The summed E-state index contributed by atoms with van der Waals surface area (Å²) in [5, 5.41) is 6.13. The molecule has 26 heavy (non-hydrogen) atoms.